The summed E-state index contributed by atoms with van der Waals surface area (Å²) in [6.07, 6.45) is 3.02. The maximum Gasteiger partial charge on any atom is 0.226 e. The van der Waals surface area contributed by atoms with Crippen LogP contribution >= 0.6 is 0 Å². The van der Waals surface area contributed by atoms with E-state index < -0.39 is 0 Å². The third kappa shape index (κ3) is 2.78. The summed E-state index contributed by atoms with van der Waals surface area (Å²) in [6.45, 7) is 8.75. The molecule has 0 aliphatic carbocycles. The van der Waals surface area contributed by atoms with Crippen molar-refractivity contribution >= 4 is 22.8 Å². The first-order chi connectivity index (χ1) is 10.2. The second-order valence-electron chi connectivity index (χ2n) is 5.58. The molecule has 0 amide bonds. The Labute approximate surface area is 124 Å². The summed E-state index contributed by atoms with van der Waals surface area (Å²) >= 11 is 0. The molecular weight excluding hydrogens is 268 g/mol. The van der Waals surface area contributed by atoms with E-state index in [0.717, 1.165) is 36.4 Å². The number of ether oxygens (including phenoxy) is 1. The third-order valence-electron chi connectivity index (χ3n) is 3.70. The summed E-state index contributed by atoms with van der Waals surface area (Å²) in [5.41, 5.74) is 0.768. The largest absolute Gasteiger partial charge is 0.375 e. The van der Waals surface area contributed by atoms with Crippen LogP contribution in [-0.4, -0.2) is 52.0 Å². The molecule has 114 valence electrons. The van der Waals surface area contributed by atoms with Crippen LogP contribution in [0.3, 0.4) is 0 Å². The van der Waals surface area contributed by atoms with Gasteiger partial charge in [-0.3, -0.25) is 5.10 Å². The zero-order valence-corrected chi connectivity index (χ0v) is 12.8. The van der Waals surface area contributed by atoms with E-state index in [1.165, 1.54) is 0 Å². The van der Waals surface area contributed by atoms with Gasteiger partial charge in [-0.2, -0.15) is 15.1 Å². The minimum Gasteiger partial charge on any atom is -0.375 e. The van der Waals surface area contributed by atoms with Gasteiger partial charge in [-0.15, -0.1) is 0 Å². The lowest BCUT2D eigenvalue weighted by molar-refractivity contribution is 0.0342. The van der Waals surface area contributed by atoms with Crippen molar-refractivity contribution in [1.29, 1.82) is 0 Å². The van der Waals surface area contributed by atoms with Gasteiger partial charge in [0.05, 0.1) is 30.3 Å². The molecule has 0 radical (unpaired) electrons. The highest BCUT2D eigenvalue weighted by molar-refractivity contribution is 5.87. The first kappa shape index (κ1) is 14.1. The van der Waals surface area contributed by atoms with Gasteiger partial charge in [-0.1, -0.05) is 6.92 Å². The number of nitrogens with zero attached hydrogens (tertiary/aromatic N) is 4. The number of aromatic amines is 1. The van der Waals surface area contributed by atoms with E-state index in [2.05, 4.69) is 46.2 Å². The van der Waals surface area contributed by atoms with E-state index in [9.17, 15) is 0 Å². The molecule has 3 rings (SSSR count). The summed E-state index contributed by atoms with van der Waals surface area (Å²) in [4.78, 5) is 11.5. The number of fused-ring (bicyclic) bond motifs is 1. The topological polar surface area (TPSA) is 79.0 Å². The van der Waals surface area contributed by atoms with Crippen LogP contribution in [0.2, 0.25) is 0 Å². The van der Waals surface area contributed by atoms with Gasteiger partial charge in [0.2, 0.25) is 5.95 Å². The fourth-order valence-corrected chi connectivity index (χ4v) is 2.55. The van der Waals surface area contributed by atoms with Crippen molar-refractivity contribution in [2.75, 3.05) is 29.9 Å². The predicted octanol–water partition coefficient (Wildman–Crippen LogP) is 1.79. The highest BCUT2D eigenvalue weighted by Crippen LogP contribution is 2.27. The van der Waals surface area contributed by atoms with Gasteiger partial charge in [0.15, 0.2) is 5.65 Å². The molecule has 1 aliphatic heterocycles. The maximum absolute atomic E-state index is 5.71. The van der Waals surface area contributed by atoms with Crippen molar-refractivity contribution in [2.24, 2.45) is 0 Å². The summed E-state index contributed by atoms with van der Waals surface area (Å²) in [5, 5.41) is 11.3. The summed E-state index contributed by atoms with van der Waals surface area (Å²) < 4.78 is 5.71. The number of aromatic nitrogens is 4. The lowest BCUT2D eigenvalue weighted by Gasteiger charge is -2.37. The quantitative estimate of drug-likeness (QED) is 0.893. The van der Waals surface area contributed by atoms with Crippen molar-refractivity contribution in [3.63, 3.8) is 0 Å². The Morgan fingerprint density at radius 1 is 1.43 bits per heavy atom. The molecule has 0 saturated carbocycles. The SMILES string of the molecule is CCCNc1nc(N2CC(C)OCC2C)c2cn[nH]c2n1. The van der Waals surface area contributed by atoms with Crippen molar-refractivity contribution in [2.45, 2.75) is 39.3 Å². The highest BCUT2D eigenvalue weighted by atomic mass is 16.5. The number of nitrogens with one attached hydrogen (secondary N) is 2. The Bertz CT molecular complexity index is 613. The molecule has 1 aliphatic rings. The number of rotatable bonds is 4. The lowest BCUT2D eigenvalue weighted by Crippen LogP contribution is -2.48. The second-order valence-corrected chi connectivity index (χ2v) is 5.58. The molecule has 1 saturated heterocycles. The maximum atomic E-state index is 5.71. The molecule has 2 N–H and O–H groups in total. The zero-order chi connectivity index (χ0) is 14.8. The number of hydrogen-bond donors (Lipinski definition) is 2. The molecule has 2 aromatic heterocycles. The number of anilines is 2. The fraction of sp³-hybridized carbons (Fsp3) is 0.643. The average molecular weight is 290 g/mol. The molecule has 21 heavy (non-hydrogen) atoms. The normalized spacial score (nSPS) is 22.7. The van der Waals surface area contributed by atoms with Gasteiger partial charge in [-0.05, 0) is 20.3 Å². The van der Waals surface area contributed by atoms with E-state index in [-0.39, 0.29) is 12.1 Å². The molecule has 7 heteroatoms. The molecule has 0 bridgehead atoms. The van der Waals surface area contributed by atoms with Gasteiger partial charge in [0.1, 0.15) is 5.82 Å². The smallest absolute Gasteiger partial charge is 0.226 e. The number of morpholine rings is 1. The predicted molar refractivity (Wildman–Crippen MR) is 82.7 cm³/mol. The summed E-state index contributed by atoms with van der Waals surface area (Å²) in [5.74, 6) is 1.57. The lowest BCUT2D eigenvalue weighted by atomic mass is 10.2. The molecule has 0 aromatic carbocycles. The van der Waals surface area contributed by atoms with Gasteiger partial charge >= 0.3 is 0 Å². The van der Waals surface area contributed by atoms with E-state index in [0.29, 0.717) is 12.6 Å². The minimum absolute atomic E-state index is 0.199. The molecule has 2 aromatic rings. The van der Waals surface area contributed by atoms with Gasteiger partial charge in [-0.25, -0.2) is 0 Å². The molecule has 7 nitrogen and oxygen atoms in total. The molecule has 3 heterocycles. The Hall–Kier alpha value is -1.89. The van der Waals surface area contributed by atoms with Gasteiger partial charge in [0, 0.05) is 13.1 Å². The first-order valence-corrected chi connectivity index (χ1v) is 7.52. The van der Waals surface area contributed by atoms with Gasteiger partial charge < -0.3 is 15.0 Å². The van der Waals surface area contributed by atoms with Crippen LogP contribution in [0.4, 0.5) is 11.8 Å². The Morgan fingerprint density at radius 2 is 2.29 bits per heavy atom. The zero-order valence-electron chi connectivity index (χ0n) is 12.8. The van der Waals surface area contributed by atoms with E-state index in [1.54, 1.807) is 6.20 Å². The summed E-state index contributed by atoms with van der Waals surface area (Å²) in [7, 11) is 0. The number of hydrogen-bond acceptors (Lipinski definition) is 6. The van der Waals surface area contributed by atoms with E-state index in [1.807, 2.05) is 0 Å². The van der Waals surface area contributed by atoms with Crippen molar-refractivity contribution in [1.82, 2.24) is 20.2 Å². The highest BCUT2D eigenvalue weighted by Gasteiger charge is 2.27. The Kier molecular flexibility index (Phi) is 3.92. The fourth-order valence-electron chi connectivity index (χ4n) is 2.55. The van der Waals surface area contributed by atoms with E-state index >= 15 is 0 Å². The molecule has 0 spiro atoms. The van der Waals surface area contributed by atoms with Crippen LogP contribution in [0.1, 0.15) is 27.2 Å². The van der Waals surface area contributed by atoms with Crippen LogP contribution in [0.15, 0.2) is 6.20 Å². The second kappa shape index (κ2) is 5.85. The van der Waals surface area contributed by atoms with Crippen LogP contribution in [-0.2, 0) is 4.74 Å². The molecular formula is C14H22N6O. The van der Waals surface area contributed by atoms with Crippen molar-refractivity contribution in [3.8, 4) is 0 Å². The van der Waals surface area contributed by atoms with Crippen LogP contribution in [0, 0.1) is 0 Å². The average Bonchev–Trinajstić information content (AvgIpc) is 2.95. The first-order valence-electron chi connectivity index (χ1n) is 7.52. The third-order valence-corrected chi connectivity index (χ3v) is 3.70. The summed E-state index contributed by atoms with van der Waals surface area (Å²) in [6, 6.07) is 0.285. The Morgan fingerprint density at radius 3 is 3.10 bits per heavy atom. The monoisotopic (exact) mass is 290 g/mol. The minimum atomic E-state index is 0.199. The van der Waals surface area contributed by atoms with E-state index in [4.69, 9.17) is 9.72 Å². The molecule has 2 atom stereocenters. The van der Waals surface area contributed by atoms with Crippen molar-refractivity contribution < 1.29 is 4.74 Å². The molecule has 2 unspecified atom stereocenters. The number of H-pyrrole nitrogens is 1. The van der Waals surface area contributed by atoms with Crippen molar-refractivity contribution in [3.05, 3.63) is 6.20 Å². The standard InChI is InChI=1S/C14H22N6O/c1-4-5-15-14-17-12-11(6-16-19-12)13(18-14)20-7-10(3)21-8-9(20)2/h6,9-10H,4-5,7-8H2,1-3H3,(H2,15,16,17,18,19). The van der Waals surface area contributed by atoms with Crippen LogP contribution in [0.25, 0.3) is 11.0 Å². The molecule has 1 fully saturated rings. The Balaban J connectivity index is 2.00. The van der Waals surface area contributed by atoms with Crippen LogP contribution < -0.4 is 10.2 Å². The van der Waals surface area contributed by atoms with Crippen LogP contribution in [0.5, 0.6) is 0 Å². The van der Waals surface area contributed by atoms with Gasteiger partial charge in [0.25, 0.3) is 0 Å².